The highest BCUT2D eigenvalue weighted by Gasteiger charge is 2.26. The van der Waals surface area contributed by atoms with E-state index < -0.39 is 17.1 Å². The second-order valence-electron chi connectivity index (χ2n) is 8.96. The molecule has 31 heavy (non-hydrogen) atoms. The van der Waals surface area contributed by atoms with Crippen molar-refractivity contribution in [2.24, 2.45) is 0 Å². The van der Waals surface area contributed by atoms with Gasteiger partial charge in [0, 0.05) is 13.1 Å². The van der Waals surface area contributed by atoms with E-state index >= 15 is 0 Å². The Morgan fingerprint density at radius 2 is 0.968 bits per heavy atom. The number of ether oxygens (including phenoxy) is 1. The summed E-state index contributed by atoms with van der Waals surface area (Å²) in [6.45, 7) is 5.98. The van der Waals surface area contributed by atoms with Crippen molar-refractivity contribution in [3.63, 3.8) is 0 Å². The van der Waals surface area contributed by atoms with Crippen LogP contribution in [0.3, 0.4) is 0 Å². The second-order valence-corrected chi connectivity index (χ2v) is 8.96. The Bertz CT molecular complexity index is 748. The highest BCUT2D eigenvalue weighted by Crippen LogP contribution is 2.10. The minimum atomic E-state index is -0.479. The minimum Gasteiger partial charge on any atom is -0.371 e. The molecule has 0 N–H and O–H groups in total. The van der Waals surface area contributed by atoms with Gasteiger partial charge >= 0.3 is 17.1 Å². The van der Waals surface area contributed by atoms with Crippen LogP contribution >= 0.6 is 0 Å². The van der Waals surface area contributed by atoms with Crippen LogP contribution in [0, 0.1) is 0 Å². The van der Waals surface area contributed by atoms with Crippen molar-refractivity contribution >= 4 is 0 Å². The number of nitrogens with zero attached hydrogens (tertiary/aromatic N) is 3. The van der Waals surface area contributed by atoms with Crippen LogP contribution in [0.2, 0.25) is 0 Å². The maximum atomic E-state index is 13.0. The fourth-order valence-electron chi connectivity index (χ4n) is 4.05. The first-order valence-corrected chi connectivity index (χ1v) is 12.7. The maximum absolute atomic E-state index is 13.0. The summed E-state index contributed by atoms with van der Waals surface area (Å²) in [7, 11) is 0. The molecular formula is C24H43N3O4. The largest absolute Gasteiger partial charge is 0.371 e. The second kappa shape index (κ2) is 14.4. The molecule has 0 bridgehead atoms. The van der Waals surface area contributed by atoms with Gasteiger partial charge < -0.3 is 4.74 Å². The van der Waals surface area contributed by atoms with E-state index in [-0.39, 0.29) is 12.6 Å². The molecule has 1 aromatic heterocycles. The first-order chi connectivity index (χ1) is 15.1. The van der Waals surface area contributed by atoms with Gasteiger partial charge in [-0.3, -0.25) is 0 Å². The van der Waals surface area contributed by atoms with Gasteiger partial charge in [-0.05, 0) is 12.8 Å². The van der Waals surface area contributed by atoms with E-state index in [1.54, 1.807) is 0 Å². The summed E-state index contributed by atoms with van der Waals surface area (Å²) in [6, 6.07) is 0. The Labute approximate surface area is 186 Å². The Balaban J connectivity index is 2.00. The molecule has 1 aromatic rings. The number of epoxide rings is 1. The van der Waals surface area contributed by atoms with Gasteiger partial charge in [0.1, 0.15) is 0 Å². The SMILES string of the molecule is CCCCCCCCCn1c(=O)n(CCCCCCCCC)c(=O)n(CC2CO2)c1=O. The molecule has 178 valence electrons. The highest BCUT2D eigenvalue weighted by atomic mass is 16.6. The number of unbranched alkanes of at least 4 members (excludes halogenated alkanes) is 12. The Morgan fingerprint density at radius 3 is 1.35 bits per heavy atom. The molecule has 0 aliphatic carbocycles. The van der Waals surface area contributed by atoms with Gasteiger partial charge in [-0.1, -0.05) is 90.9 Å². The number of hydrogen-bond acceptors (Lipinski definition) is 4. The van der Waals surface area contributed by atoms with Crippen molar-refractivity contribution in [2.75, 3.05) is 6.61 Å². The molecule has 1 unspecified atom stereocenters. The molecule has 2 heterocycles. The van der Waals surface area contributed by atoms with Gasteiger partial charge in [-0.2, -0.15) is 0 Å². The summed E-state index contributed by atoms with van der Waals surface area (Å²) in [5, 5.41) is 0. The zero-order chi connectivity index (χ0) is 22.5. The third-order valence-corrected chi connectivity index (χ3v) is 6.14. The van der Waals surface area contributed by atoms with E-state index in [1.807, 2.05) is 0 Å². The quantitative estimate of drug-likeness (QED) is 0.256. The van der Waals surface area contributed by atoms with Crippen molar-refractivity contribution in [1.82, 2.24) is 13.7 Å². The summed E-state index contributed by atoms with van der Waals surface area (Å²) in [5.41, 5.74) is -1.40. The molecule has 7 nitrogen and oxygen atoms in total. The lowest BCUT2D eigenvalue weighted by atomic mass is 10.1. The molecule has 1 fully saturated rings. The van der Waals surface area contributed by atoms with Crippen molar-refractivity contribution in [3.05, 3.63) is 31.5 Å². The molecule has 0 saturated carbocycles. The Kier molecular flexibility index (Phi) is 11.9. The van der Waals surface area contributed by atoms with Crippen LogP contribution in [-0.2, 0) is 24.4 Å². The van der Waals surface area contributed by atoms with E-state index in [1.165, 1.54) is 65.1 Å². The zero-order valence-corrected chi connectivity index (χ0v) is 19.8. The number of hydrogen-bond donors (Lipinski definition) is 0. The maximum Gasteiger partial charge on any atom is 0.336 e. The lowest BCUT2D eigenvalue weighted by Crippen LogP contribution is -2.55. The van der Waals surface area contributed by atoms with Gasteiger partial charge in [0.15, 0.2) is 0 Å². The summed E-state index contributed by atoms with van der Waals surface area (Å²) < 4.78 is 8.99. The van der Waals surface area contributed by atoms with Crippen molar-refractivity contribution in [1.29, 1.82) is 0 Å². The standard InChI is InChI=1S/C24H43N3O4/c1-3-5-7-9-11-13-15-17-25-22(28)26(18-16-14-12-10-8-6-4-2)24(30)27(23(25)29)19-21-20-31-21/h21H,3-20H2,1-2H3. The molecule has 0 aromatic carbocycles. The fourth-order valence-corrected chi connectivity index (χ4v) is 4.05. The summed E-state index contributed by atoms with van der Waals surface area (Å²) in [6.07, 6.45) is 15.6. The Hall–Kier alpha value is -1.63. The van der Waals surface area contributed by atoms with Crippen LogP contribution < -0.4 is 17.1 Å². The lowest BCUT2D eigenvalue weighted by molar-refractivity contribution is 0.354. The molecule has 7 heteroatoms. The summed E-state index contributed by atoms with van der Waals surface area (Å²) in [4.78, 5) is 38.7. The van der Waals surface area contributed by atoms with Gasteiger partial charge in [-0.25, -0.2) is 28.1 Å². The van der Waals surface area contributed by atoms with E-state index in [4.69, 9.17) is 4.74 Å². The van der Waals surface area contributed by atoms with Crippen LogP contribution in [0.15, 0.2) is 14.4 Å². The van der Waals surface area contributed by atoms with Crippen molar-refractivity contribution < 1.29 is 4.74 Å². The molecule has 1 atom stereocenters. The molecule has 1 aliphatic rings. The van der Waals surface area contributed by atoms with E-state index in [0.29, 0.717) is 19.7 Å². The van der Waals surface area contributed by atoms with Gasteiger partial charge in [0.2, 0.25) is 0 Å². The number of rotatable bonds is 18. The average molecular weight is 438 g/mol. The predicted octanol–water partition coefficient (Wildman–Crippen LogP) is 4.07. The normalized spacial score (nSPS) is 15.5. The highest BCUT2D eigenvalue weighted by molar-refractivity contribution is 4.82. The van der Waals surface area contributed by atoms with Crippen LogP contribution in [-0.4, -0.2) is 26.4 Å². The van der Waals surface area contributed by atoms with Crippen LogP contribution in [0.25, 0.3) is 0 Å². The van der Waals surface area contributed by atoms with Gasteiger partial charge in [-0.15, -0.1) is 0 Å². The topological polar surface area (TPSA) is 78.5 Å². The molecule has 0 spiro atoms. The summed E-state index contributed by atoms with van der Waals surface area (Å²) in [5.74, 6) is 0. The first-order valence-electron chi connectivity index (χ1n) is 12.7. The third-order valence-electron chi connectivity index (χ3n) is 6.14. The predicted molar refractivity (Wildman–Crippen MR) is 125 cm³/mol. The van der Waals surface area contributed by atoms with E-state index in [0.717, 1.165) is 38.5 Å². The molecule has 1 aliphatic heterocycles. The number of aromatic nitrogens is 3. The molecule has 0 radical (unpaired) electrons. The molecule has 2 rings (SSSR count). The lowest BCUT2D eigenvalue weighted by Gasteiger charge is -2.13. The van der Waals surface area contributed by atoms with E-state index in [9.17, 15) is 14.4 Å². The molecule has 0 amide bonds. The monoisotopic (exact) mass is 437 g/mol. The molecule has 1 saturated heterocycles. The Morgan fingerprint density at radius 1 is 0.613 bits per heavy atom. The molecular weight excluding hydrogens is 394 g/mol. The van der Waals surface area contributed by atoms with E-state index in [2.05, 4.69) is 13.8 Å². The summed E-state index contributed by atoms with van der Waals surface area (Å²) >= 11 is 0. The van der Waals surface area contributed by atoms with Gasteiger partial charge in [0.05, 0.1) is 19.3 Å². The minimum absolute atomic E-state index is 0.0815. The van der Waals surface area contributed by atoms with Gasteiger partial charge in [0.25, 0.3) is 0 Å². The van der Waals surface area contributed by atoms with Crippen LogP contribution in [0.5, 0.6) is 0 Å². The van der Waals surface area contributed by atoms with Crippen molar-refractivity contribution in [3.8, 4) is 0 Å². The zero-order valence-electron chi connectivity index (χ0n) is 19.8. The fraction of sp³-hybridized carbons (Fsp3) is 0.875. The van der Waals surface area contributed by atoms with Crippen molar-refractivity contribution in [2.45, 2.75) is 129 Å². The first kappa shape index (κ1) is 25.6. The third kappa shape index (κ3) is 8.79. The van der Waals surface area contributed by atoms with Crippen LogP contribution in [0.1, 0.15) is 104 Å². The smallest absolute Gasteiger partial charge is 0.336 e. The van der Waals surface area contributed by atoms with Crippen LogP contribution in [0.4, 0.5) is 0 Å². The average Bonchev–Trinajstić information content (AvgIpc) is 3.58.